The lowest BCUT2D eigenvalue weighted by Gasteiger charge is -2.06. The summed E-state index contributed by atoms with van der Waals surface area (Å²) >= 11 is 6.04. The van der Waals surface area contributed by atoms with E-state index in [4.69, 9.17) is 11.6 Å². The zero-order valence-corrected chi connectivity index (χ0v) is 12.5. The van der Waals surface area contributed by atoms with Gasteiger partial charge in [-0.05, 0) is 31.2 Å². The van der Waals surface area contributed by atoms with Crippen LogP contribution in [-0.4, -0.2) is 22.6 Å². The molecule has 0 amide bonds. The van der Waals surface area contributed by atoms with Crippen LogP contribution in [0.1, 0.15) is 26.1 Å². The second-order valence-electron chi connectivity index (χ2n) is 5.08. The van der Waals surface area contributed by atoms with Crippen LogP contribution in [0.15, 0.2) is 24.4 Å². The average molecular weight is 296 g/mol. The Morgan fingerprint density at radius 2 is 2.20 bits per heavy atom. The Kier molecular flexibility index (Phi) is 5.15. The second-order valence-corrected chi connectivity index (χ2v) is 5.49. The van der Waals surface area contributed by atoms with Gasteiger partial charge in [-0.25, -0.2) is 9.37 Å². The van der Waals surface area contributed by atoms with E-state index < -0.39 is 0 Å². The van der Waals surface area contributed by atoms with E-state index >= 15 is 0 Å². The molecule has 1 aromatic heterocycles. The Hall–Kier alpha value is -1.39. The zero-order chi connectivity index (χ0) is 14.5. The van der Waals surface area contributed by atoms with Gasteiger partial charge in [-0.15, -0.1) is 0 Å². The lowest BCUT2D eigenvalue weighted by molar-refractivity contribution is 0.567. The molecule has 0 aliphatic carbocycles. The number of hydrogen-bond acceptors (Lipinski definition) is 2. The maximum Gasteiger partial charge on any atom is 0.124 e. The van der Waals surface area contributed by atoms with Gasteiger partial charge in [0.2, 0.25) is 0 Å². The van der Waals surface area contributed by atoms with Crippen molar-refractivity contribution in [3.05, 3.63) is 41.1 Å². The molecule has 1 heterocycles. The molecule has 3 nitrogen and oxygen atoms in total. The Morgan fingerprint density at radius 1 is 1.40 bits per heavy atom. The van der Waals surface area contributed by atoms with Crippen LogP contribution in [0.5, 0.6) is 0 Å². The van der Waals surface area contributed by atoms with Crippen molar-refractivity contribution in [1.29, 1.82) is 0 Å². The molecule has 0 atom stereocenters. The molecule has 0 bridgehead atoms. The molecule has 2 aromatic rings. The van der Waals surface area contributed by atoms with Crippen molar-refractivity contribution in [3.63, 3.8) is 0 Å². The van der Waals surface area contributed by atoms with Crippen LogP contribution in [0.25, 0.3) is 11.3 Å². The van der Waals surface area contributed by atoms with Gasteiger partial charge in [-0.3, -0.25) is 0 Å². The maximum absolute atomic E-state index is 13.0. The van der Waals surface area contributed by atoms with Crippen molar-refractivity contribution in [2.45, 2.75) is 32.7 Å². The molecule has 0 fully saturated rings. The highest BCUT2D eigenvalue weighted by Crippen LogP contribution is 2.27. The highest BCUT2D eigenvalue weighted by Gasteiger charge is 2.08. The first-order valence-corrected chi connectivity index (χ1v) is 7.16. The minimum absolute atomic E-state index is 0.335. The number of nitrogens with zero attached hydrogens (tertiary/aromatic N) is 1. The number of rotatable bonds is 6. The third-order valence-corrected chi connectivity index (χ3v) is 3.31. The lowest BCUT2D eigenvalue weighted by atomic mass is 10.2. The fraction of sp³-hybridized carbons (Fsp3) is 0.400. The van der Waals surface area contributed by atoms with E-state index in [2.05, 4.69) is 29.1 Å². The van der Waals surface area contributed by atoms with E-state index in [9.17, 15) is 4.39 Å². The lowest BCUT2D eigenvalue weighted by Crippen LogP contribution is -2.24. The third-order valence-electron chi connectivity index (χ3n) is 2.99. The molecular weight excluding hydrogens is 277 g/mol. The first-order chi connectivity index (χ1) is 9.56. The Bertz CT molecular complexity index is 566. The molecule has 0 spiro atoms. The van der Waals surface area contributed by atoms with Crippen LogP contribution in [-0.2, 0) is 6.42 Å². The highest BCUT2D eigenvalue weighted by molar-refractivity contribution is 6.33. The molecule has 2 rings (SSSR count). The molecule has 0 aliphatic rings. The van der Waals surface area contributed by atoms with Gasteiger partial charge in [0, 0.05) is 18.0 Å². The van der Waals surface area contributed by atoms with Gasteiger partial charge in [0.15, 0.2) is 0 Å². The molecule has 0 saturated heterocycles. The Balaban J connectivity index is 1.98. The molecule has 0 unspecified atom stereocenters. The minimum Gasteiger partial charge on any atom is -0.342 e. The molecule has 0 saturated carbocycles. The summed E-state index contributed by atoms with van der Waals surface area (Å²) < 4.78 is 13.0. The highest BCUT2D eigenvalue weighted by atomic mass is 35.5. The number of halogens is 2. The molecule has 1 aromatic carbocycles. The molecule has 0 aliphatic heterocycles. The molecule has 108 valence electrons. The average Bonchev–Trinajstić information content (AvgIpc) is 2.83. The van der Waals surface area contributed by atoms with Crippen molar-refractivity contribution in [1.82, 2.24) is 15.3 Å². The van der Waals surface area contributed by atoms with Crippen LogP contribution in [0.4, 0.5) is 4.39 Å². The number of hydrogen-bond donors (Lipinski definition) is 2. The van der Waals surface area contributed by atoms with Gasteiger partial charge in [-0.2, -0.15) is 0 Å². The smallest absolute Gasteiger partial charge is 0.124 e. The van der Waals surface area contributed by atoms with Crippen LogP contribution < -0.4 is 5.32 Å². The molecule has 2 N–H and O–H groups in total. The van der Waals surface area contributed by atoms with Crippen molar-refractivity contribution in [2.75, 3.05) is 6.54 Å². The van der Waals surface area contributed by atoms with Crippen LogP contribution >= 0.6 is 11.6 Å². The predicted octanol–water partition coefficient (Wildman–Crippen LogP) is 3.80. The predicted molar refractivity (Wildman–Crippen MR) is 80.5 cm³/mol. The molecule has 20 heavy (non-hydrogen) atoms. The first kappa shape index (κ1) is 15.0. The number of aromatic nitrogens is 2. The zero-order valence-electron chi connectivity index (χ0n) is 11.7. The molecule has 0 radical (unpaired) electrons. The van der Waals surface area contributed by atoms with E-state index in [0.717, 1.165) is 36.5 Å². The second kappa shape index (κ2) is 6.86. The number of aryl methyl sites for hydroxylation is 1. The largest absolute Gasteiger partial charge is 0.342 e. The Morgan fingerprint density at radius 3 is 2.90 bits per heavy atom. The fourth-order valence-corrected chi connectivity index (χ4v) is 2.25. The minimum atomic E-state index is -0.335. The molecular formula is C15H19ClFN3. The van der Waals surface area contributed by atoms with Crippen molar-refractivity contribution >= 4 is 11.6 Å². The van der Waals surface area contributed by atoms with E-state index in [1.54, 1.807) is 12.3 Å². The van der Waals surface area contributed by atoms with Crippen LogP contribution in [0.3, 0.4) is 0 Å². The van der Waals surface area contributed by atoms with Gasteiger partial charge in [0.05, 0.1) is 16.9 Å². The van der Waals surface area contributed by atoms with Gasteiger partial charge in [-0.1, -0.05) is 25.4 Å². The van der Waals surface area contributed by atoms with E-state index in [1.807, 2.05) is 0 Å². The SMILES string of the molecule is CC(C)NCCCc1ncc(-c2ccc(F)cc2Cl)[nH]1. The summed E-state index contributed by atoms with van der Waals surface area (Å²) in [6.45, 7) is 5.22. The summed E-state index contributed by atoms with van der Waals surface area (Å²) in [6, 6.07) is 4.87. The maximum atomic E-state index is 13.0. The monoisotopic (exact) mass is 295 g/mol. The van der Waals surface area contributed by atoms with Crippen molar-refractivity contribution in [3.8, 4) is 11.3 Å². The first-order valence-electron chi connectivity index (χ1n) is 6.79. The summed E-state index contributed by atoms with van der Waals surface area (Å²) in [6.07, 6.45) is 3.63. The third kappa shape index (κ3) is 4.05. The van der Waals surface area contributed by atoms with E-state index in [0.29, 0.717) is 11.1 Å². The van der Waals surface area contributed by atoms with Crippen molar-refractivity contribution in [2.24, 2.45) is 0 Å². The van der Waals surface area contributed by atoms with Crippen LogP contribution in [0.2, 0.25) is 5.02 Å². The summed E-state index contributed by atoms with van der Waals surface area (Å²) in [5, 5.41) is 3.76. The van der Waals surface area contributed by atoms with E-state index in [-0.39, 0.29) is 5.82 Å². The topological polar surface area (TPSA) is 40.7 Å². The number of H-pyrrole nitrogens is 1. The molecule has 5 heteroatoms. The number of aromatic amines is 1. The normalized spacial score (nSPS) is 11.2. The van der Waals surface area contributed by atoms with Gasteiger partial charge in [0.25, 0.3) is 0 Å². The summed E-state index contributed by atoms with van der Waals surface area (Å²) in [5.41, 5.74) is 1.59. The van der Waals surface area contributed by atoms with Crippen LogP contribution in [0, 0.1) is 5.82 Å². The van der Waals surface area contributed by atoms with Gasteiger partial charge < -0.3 is 10.3 Å². The van der Waals surface area contributed by atoms with Gasteiger partial charge in [0.1, 0.15) is 11.6 Å². The summed E-state index contributed by atoms with van der Waals surface area (Å²) in [7, 11) is 0. The van der Waals surface area contributed by atoms with Gasteiger partial charge >= 0.3 is 0 Å². The summed E-state index contributed by atoms with van der Waals surface area (Å²) in [5.74, 6) is 0.587. The number of nitrogens with one attached hydrogen (secondary N) is 2. The van der Waals surface area contributed by atoms with E-state index in [1.165, 1.54) is 12.1 Å². The fourth-order valence-electron chi connectivity index (χ4n) is 1.98. The number of imidazole rings is 1. The van der Waals surface area contributed by atoms with Crippen molar-refractivity contribution < 1.29 is 4.39 Å². The number of benzene rings is 1. The standard InChI is InChI=1S/C15H19ClFN3/c1-10(2)18-7-3-4-15-19-9-14(20-15)12-6-5-11(17)8-13(12)16/h5-6,8-10,18H,3-4,7H2,1-2H3,(H,19,20). The summed E-state index contributed by atoms with van der Waals surface area (Å²) in [4.78, 5) is 7.57. The quantitative estimate of drug-likeness (QED) is 0.796. The Labute approximate surface area is 123 Å².